The molecule has 1 aliphatic rings. The molecule has 4 N–H and O–H groups in total. The first-order chi connectivity index (χ1) is 9.80. The number of hydrogen-bond acceptors (Lipinski definition) is 4. The van der Waals surface area contributed by atoms with Crippen LogP contribution in [0.2, 0.25) is 0 Å². The molecule has 21 heavy (non-hydrogen) atoms. The predicted octanol–water partition coefficient (Wildman–Crippen LogP) is 2.31. The lowest BCUT2D eigenvalue weighted by atomic mass is 9.81. The lowest BCUT2D eigenvalue weighted by molar-refractivity contribution is 0.167. The van der Waals surface area contributed by atoms with E-state index in [-0.39, 0.29) is 17.5 Å². The van der Waals surface area contributed by atoms with Crippen LogP contribution in [0.5, 0.6) is 0 Å². The average molecular weight is 292 g/mol. The van der Waals surface area contributed by atoms with Crippen molar-refractivity contribution in [3.63, 3.8) is 0 Å². The van der Waals surface area contributed by atoms with E-state index in [1.54, 1.807) is 12.4 Å². The van der Waals surface area contributed by atoms with Gasteiger partial charge in [0, 0.05) is 18.8 Å². The van der Waals surface area contributed by atoms with E-state index in [0.717, 1.165) is 25.1 Å². The molecule has 2 heterocycles. The molecule has 1 amide bonds. The molecule has 2 rings (SSSR count). The molecule has 1 saturated heterocycles. The molecule has 0 aliphatic carbocycles. The maximum absolute atomic E-state index is 11.2. The molecule has 2 atom stereocenters. The summed E-state index contributed by atoms with van der Waals surface area (Å²) in [6.07, 6.45) is 4.35. The molecule has 0 saturated carbocycles. The highest BCUT2D eigenvalue weighted by atomic mass is 16.4. The fraction of sp³-hybridized carbons (Fsp3) is 0.600. The van der Waals surface area contributed by atoms with Gasteiger partial charge in [0.15, 0.2) is 0 Å². The molecule has 1 fully saturated rings. The van der Waals surface area contributed by atoms with Crippen LogP contribution in [0.4, 0.5) is 16.2 Å². The number of aromatic nitrogens is 1. The number of rotatable bonds is 3. The van der Waals surface area contributed by atoms with Gasteiger partial charge in [-0.2, -0.15) is 0 Å². The molecular weight excluding hydrogens is 268 g/mol. The molecule has 0 aromatic carbocycles. The number of anilines is 2. The van der Waals surface area contributed by atoms with Crippen LogP contribution in [0, 0.1) is 5.41 Å². The third-order valence-corrected chi connectivity index (χ3v) is 4.03. The van der Waals surface area contributed by atoms with Gasteiger partial charge in [-0.25, -0.2) is 4.79 Å². The van der Waals surface area contributed by atoms with E-state index in [9.17, 15) is 4.79 Å². The summed E-state index contributed by atoms with van der Waals surface area (Å²) >= 11 is 0. The van der Waals surface area contributed by atoms with Gasteiger partial charge < -0.3 is 21.1 Å². The van der Waals surface area contributed by atoms with E-state index >= 15 is 0 Å². The number of nitrogens with two attached hydrogens (primary N) is 1. The Hall–Kier alpha value is -1.98. The second-order valence-electron chi connectivity index (χ2n) is 6.63. The van der Waals surface area contributed by atoms with Gasteiger partial charge in [-0.1, -0.05) is 20.8 Å². The number of carbonyl (C=O) groups is 1. The Morgan fingerprint density at radius 1 is 1.57 bits per heavy atom. The molecular formula is C15H24N4O2. The fourth-order valence-corrected chi connectivity index (χ4v) is 3.12. The zero-order valence-corrected chi connectivity index (χ0v) is 12.8. The summed E-state index contributed by atoms with van der Waals surface area (Å²) in [4.78, 5) is 17.4. The molecule has 6 nitrogen and oxygen atoms in total. The van der Waals surface area contributed by atoms with E-state index in [1.807, 2.05) is 6.07 Å². The average Bonchev–Trinajstić information content (AvgIpc) is 2.83. The number of hydrogen-bond donors (Lipinski definition) is 3. The van der Waals surface area contributed by atoms with Crippen LogP contribution in [0.3, 0.4) is 0 Å². The van der Waals surface area contributed by atoms with E-state index in [0.29, 0.717) is 5.69 Å². The maximum atomic E-state index is 11.2. The minimum absolute atomic E-state index is 0.103. The van der Waals surface area contributed by atoms with Gasteiger partial charge >= 0.3 is 6.09 Å². The van der Waals surface area contributed by atoms with Gasteiger partial charge in [0.1, 0.15) is 0 Å². The van der Waals surface area contributed by atoms with Crippen molar-refractivity contribution in [1.29, 1.82) is 0 Å². The molecule has 116 valence electrons. The second-order valence-corrected chi connectivity index (χ2v) is 6.63. The molecule has 1 aliphatic heterocycles. The van der Waals surface area contributed by atoms with Crippen molar-refractivity contribution in [3.05, 3.63) is 18.5 Å². The van der Waals surface area contributed by atoms with Crippen molar-refractivity contribution in [2.24, 2.45) is 5.41 Å². The molecule has 0 spiro atoms. The molecule has 1 aromatic heterocycles. The number of amides is 1. The van der Waals surface area contributed by atoms with E-state index in [4.69, 9.17) is 10.8 Å². The molecule has 6 heteroatoms. The lowest BCUT2D eigenvalue weighted by Gasteiger charge is -2.40. The minimum atomic E-state index is -0.982. The minimum Gasteiger partial charge on any atom is -0.465 e. The number of pyridine rings is 1. The Bertz CT molecular complexity index is 513. The Morgan fingerprint density at radius 2 is 2.29 bits per heavy atom. The van der Waals surface area contributed by atoms with Gasteiger partial charge in [-0.05, 0) is 24.3 Å². The summed E-state index contributed by atoms with van der Waals surface area (Å²) in [6.45, 7) is 7.05. The lowest BCUT2D eigenvalue weighted by Crippen LogP contribution is -2.55. The van der Waals surface area contributed by atoms with E-state index in [2.05, 4.69) is 36.0 Å². The van der Waals surface area contributed by atoms with E-state index < -0.39 is 6.09 Å². The topological polar surface area (TPSA) is 91.5 Å². The standard InChI is InChI=1S/C15H24N4O2/c1-15(2,3)13(18-14(20)21)12-5-4-8-19(12)11-6-7-17-9-10(11)16/h6-7,9,12-13,18H,4-5,8,16H2,1-3H3,(H,20,21). The van der Waals surface area contributed by atoms with Crippen molar-refractivity contribution < 1.29 is 9.90 Å². The summed E-state index contributed by atoms with van der Waals surface area (Å²) < 4.78 is 0. The summed E-state index contributed by atoms with van der Waals surface area (Å²) in [6, 6.07) is 1.84. The Balaban J connectivity index is 2.31. The fourth-order valence-electron chi connectivity index (χ4n) is 3.12. The number of nitrogens with zero attached hydrogens (tertiary/aromatic N) is 2. The van der Waals surface area contributed by atoms with Crippen LogP contribution in [0.15, 0.2) is 18.5 Å². The second kappa shape index (κ2) is 5.79. The molecule has 2 unspecified atom stereocenters. The highest BCUT2D eigenvalue weighted by Gasteiger charge is 2.39. The first-order valence-electron chi connectivity index (χ1n) is 7.26. The third-order valence-electron chi connectivity index (χ3n) is 4.03. The van der Waals surface area contributed by atoms with Crippen molar-refractivity contribution in [3.8, 4) is 0 Å². The Labute approximate surface area is 125 Å². The Kier molecular flexibility index (Phi) is 4.25. The van der Waals surface area contributed by atoms with Crippen LogP contribution in [-0.4, -0.2) is 34.8 Å². The highest BCUT2D eigenvalue weighted by Crippen LogP contribution is 2.35. The first kappa shape index (κ1) is 15.4. The molecule has 1 aromatic rings. The van der Waals surface area contributed by atoms with Gasteiger partial charge in [0.05, 0.1) is 23.6 Å². The number of carboxylic acid groups (broad SMARTS) is 1. The van der Waals surface area contributed by atoms with Crippen LogP contribution >= 0.6 is 0 Å². The van der Waals surface area contributed by atoms with Crippen molar-refractivity contribution in [2.75, 3.05) is 17.2 Å². The van der Waals surface area contributed by atoms with Crippen LogP contribution in [0.25, 0.3) is 0 Å². The summed E-state index contributed by atoms with van der Waals surface area (Å²) in [5.74, 6) is 0. The van der Waals surface area contributed by atoms with Crippen molar-refractivity contribution in [1.82, 2.24) is 10.3 Å². The zero-order chi connectivity index (χ0) is 15.6. The molecule has 0 radical (unpaired) electrons. The van der Waals surface area contributed by atoms with Crippen molar-refractivity contribution in [2.45, 2.75) is 45.7 Å². The van der Waals surface area contributed by atoms with Crippen molar-refractivity contribution >= 4 is 17.5 Å². The first-order valence-corrected chi connectivity index (χ1v) is 7.26. The van der Waals surface area contributed by atoms with Crippen LogP contribution < -0.4 is 16.0 Å². The van der Waals surface area contributed by atoms with Gasteiger partial charge in [0.25, 0.3) is 0 Å². The van der Waals surface area contributed by atoms with E-state index in [1.165, 1.54) is 0 Å². The van der Waals surface area contributed by atoms with Gasteiger partial charge in [-0.15, -0.1) is 0 Å². The number of nitrogens with one attached hydrogen (secondary N) is 1. The third kappa shape index (κ3) is 3.37. The van der Waals surface area contributed by atoms with Gasteiger partial charge in [-0.3, -0.25) is 4.98 Å². The highest BCUT2D eigenvalue weighted by molar-refractivity contribution is 5.68. The number of nitrogen functional groups attached to an aromatic ring is 1. The smallest absolute Gasteiger partial charge is 0.404 e. The van der Waals surface area contributed by atoms with Gasteiger partial charge in [0.2, 0.25) is 0 Å². The quantitative estimate of drug-likeness (QED) is 0.795. The summed E-state index contributed by atoms with van der Waals surface area (Å²) in [5.41, 5.74) is 7.43. The summed E-state index contributed by atoms with van der Waals surface area (Å²) in [7, 11) is 0. The predicted molar refractivity (Wildman–Crippen MR) is 83.4 cm³/mol. The zero-order valence-electron chi connectivity index (χ0n) is 12.8. The normalized spacial score (nSPS) is 20.3. The largest absolute Gasteiger partial charge is 0.465 e. The molecule has 0 bridgehead atoms. The summed E-state index contributed by atoms with van der Waals surface area (Å²) in [5, 5.41) is 11.9. The maximum Gasteiger partial charge on any atom is 0.404 e. The SMILES string of the molecule is CC(C)(C)C(NC(=O)O)C1CCCN1c1ccncc1N. The Morgan fingerprint density at radius 3 is 2.86 bits per heavy atom. The van der Waals surface area contributed by atoms with Crippen LogP contribution in [-0.2, 0) is 0 Å². The monoisotopic (exact) mass is 292 g/mol. The van der Waals surface area contributed by atoms with Crippen LogP contribution in [0.1, 0.15) is 33.6 Å².